The zero-order valence-corrected chi connectivity index (χ0v) is 7.47. The van der Waals surface area contributed by atoms with Crippen molar-refractivity contribution >= 4 is 0 Å². The highest BCUT2D eigenvalue weighted by atomic mass is 15.5. The lowest BCUT2D eigenvalue weighted by Gasteiger charge is -2.00. The van der Waals surface area contributed by atoms with E-state index >= 15 is 0 Å². The number of aryl methyl sites for hydroxylation is 2. The van der Waals surface area contributed by atoms with Gasteiger partial charge in [-0.2, -0.15) is 5.10 Å². The van der Waals surface area contributed by atoms with E-state index in [9.17, 15) is 0 Å². The van der Waals surface area contributed by atoms with E-state index < -0.39 is 0 Å². The van der Waals surface area contributed by atoms with Gasteiger partial charge in [-0.25, -0.2) is 9.36 Å². The molecule has 13 heavy (non-hydrogen) atoms. The molecule has 0 saturated carbocycles. The minimum Gasteiger partial charge on any atom is -0.335 e. The first-order chi connectivity index (χ1) is 6.18. The molecule has 0 aliphatic rings. The Bertz CT molecular complexity index is 426. The van der Waals surface area contributed by atoms with Crippen LogP contribution in [0, 0.1) is 13.8 Å². The second kappa shape index (κ2) is 2.58. The van der Waals surface area contributed by atoms with Gasteiger partial charge in [0.05, 0.1) is 5.69 Å². The summed E-state index contributed by atoms with van der Waals surface area (Å²) in [6.45, 7) is 3.86. The first kappa shape index (κ1) is 7.78. The average Bonchev–Trinajstić information content (AvgIpc) is 2.58. The van der Waals surface area contributed by atoms with E-state index in [1.165, 1.54) is 11.0 Å². The summed E-state index contributed by atoms with van der Waals surface area (Å²) in [5, 5.41) is 11.8. The lowest BCUT2D eigenvalue weighted by Crippen LogP contribution is -2.15. The third kappa shape index (κ3) is 1.16. The van der Waals surface area contributed by atoms with E-state index in [0.29, 0.717) is 5.95 Å². The molecule has 68 valence electrons. The minimum atomic E-state index is 0.519. The van der Waals surface area contributed by atoms with Gasteiger partial charge < -0.3 is 5.84 Å². The van der Waals surface area contributed by atoms with Gasteiger partial charge in [-0.1, -0.05) is 0 Å². The van der Waals surface area contributed by atoms with Crippen LogP contribution in [0.3, 0.4) is 0 Å². The average molecular weight is 178 g/mol. The van der Waals surface area contributed by atoms with Crippen LogP contribution in [0.25, 0.3) is 5.95 Å². The number of rotatable bonds is 1. The molecule has 6 heteroatoms. The van der Waals surface area contributed by atoms with E-state index in [1.54, 1.807) is 4.68 Å². The van der Waals surface area contributed by atoms with Crippen molar-refractivity contribution in [3.05, 3.63) is 23.8 Å². The molecule has 0 fully saturated rings. The van der Waals surface area contributed by atoms with Crippen molar-refractivity contribution in [2.75, 3.05) is 5.84 Å². The molecule has 0 spiro atoms. The Kier molecular flexibility index (Phi) is 1.54. The number of nitrogens with zero attached hydrogens (tertiary/aromatic N) is 5. The predicted octanol–water partition coefficient (Wildman–Crippen LogP) is -0.206. The fourth-order valence-corrected chi connectivity index (χ4v) is 1.22. The second-order valence-corrected chi connectivity index (χ2v) is 2.88. The highest BCUT2D eigenvalue weighted by Crippen LogP contribution is 2.06. The summed E-state index contributed by atoms with van der Waals surface area (Å²) in [5.74, 6) is 6.10. The SMILES string of the molecule is Cc1cc(C)n(-c2nncn2N)n1. The molecule has 2 N–H and O–H groups in total. The van der Waals surface area contributed by atoms with Crippen LogP contribution in [-0.2, 0) is 0 Å². The van der Waals surface area contributed by atoms with Crippen LogP contribution in [0.2, 0.25) is 0 Å². The Hall–Kier alpha value is -1.85. The van der Waals surface area contributed by atoms with Crippen LogP contribution in [0.15, 0.2) is 12.4 Å². The van der Waals surface area contributed by atoms with Gasteiger partial charge in [-0.3, -0.25) is 0 Å². The van der Waals surface area contributed by atoms with E-state index in [-0.39, 0.29) is 0 Å². The molecule has 2 heterocycles. The monoisotopic (exact) mass is 178 g/mol. The quantitative estimate of drug-likeness (QED) is 0.613. The first-order valence-electron chi connectivity index (χ1n) is 3.87. The maximum Gasteiger partial charge on any atom is 0.270 e. The predicted molar refractivity (Wildman–Crippen MR) is 46.8 cm³/mol. The smallest absolute Gasteiger partial charge is 0.270 e. The Morgan fingerprint density at radius 3 is 2.62 bits per heavy atom. The van der Waals surface area contributed by atoms with Crippen molar-refractivity contribution in [1.82, 2.24) is 24.7 Å². The molecule has 0 aliphatic heterocycles. The van der Waals surface area contributed by atoms with Crippen LogP contribution in [0.1, 0.15) is 11.4 Å². The van der Waals surface area contributed by atoms with Crippen molar-refractivity contribution in [3.8, 4) is 5.95 Å². The molecule has 2 aromatic heterocycles. The Morgan fingerprint density at radius 1 is 1.38 bits per heavy atom. The lowest BCUT2D eigenvalue weighted by atomic mass is 10.4. The van der Waals surface area contributed by atoms with Gasteiger partial charge in [0.2, 0.25) is 0 Å². The van der Waals surface area contributed by atoms with Gasteiger partial charge in [0.15, 0.2) is 0 Å². The normalized spacial score (nSPS) is 10.6. The van der Waals surface area contributed by atoms with Gasteiger partial charge in [-0.15, -0.1) is 10.2 Å². The standard InChI is InChI=1S/C7H10N6/c1-5-3-6(2)13(11-5)7-10-9-4-12(7)8/h3-4H,8H2,1-2H3. The first-order valence-corrected chi connectivity index (χ1v) is 3.87. The van der Waals surface area contributed by atoms with E-state index in [0.717, 1.165) is 11.4 Å². The third-order valence-electron chi connectivity index (χ3n) is 1.75. The molecule has 0 aromatic carbocycles. The summed E-state index contributed by atoms with van der Waals surface area (Å²) < 4.78 is 2.99. The van der Waals surface area contributed by atoms with Crippen LogP contribution < -0.4 is 5.84 Å². The van der Waals surface area contributed by atoms with Crippen molar-refractivity contribution in [2.24, 2.45) is 0 Å². The zero-order chi connectivity index (χ0) is 9.42. The molecule has 6 nitrogen and oxygen atoms in total. The zero-order valence-electron chi connectivity index (χ0n) is 7.47. The van der Waals surface area contributed by atoms with Gasteiger partial charge in [-0.05, 0) is 19.9 Å². The molecular formula is C7H10N6. The molecule has 0 saturated heterocycles. The maximum absolute atomic E-state index is 5.58. The fraction of sp³-hybridized carbons (Fsp3) is 0.286. The maximum atomic E-state index is 5.58. The van der Waals surface area contributed by atoms with E-state index in [1.807, 2.05) is 19.9 Å². The number of hydrogen-bond donors (Lipinski definition) is 1. The van der Waals surface area contributed by atoms with Gasteiger partial charge >= 0.3 is 0 Å². The number of aromatic nitrogens is 5. The minimum absolute atomic E-state index is 0.519. The Balaban J connectivity index is 2.58. The molecule has 2 aromatic rings. The number of hydrogen-bond acceptors (Lipinski definition) is 4. The number of nitrogens with two attached hydrogens (primary N) is 1. The van der Waals surface area contributed by atoms with E-state index in [4.69, 9.17) is 5.84 Å². The van der Waals surface area contributed by atoms with Crippen molar-refractivity contribution in [1.29, 1.82) is 0 Å². The van der Waals surface area contributed by atoms with Crippen LogP contribution in [0.4, 0.5) is 0 Å². The topological polar surface area (TPSA) is 74.5 Å². The summed E-state index contributed by atoms with van der Waals surface area (Å²) in [5.41, 5.74) is 1.91. The number of nitrogen functional groups attached to an aromatic ring is 1. The fourth-order valence-electron chi connectivity index (χ4n) is 1.22. The largest absolute Gasteiger partial charge is 0.335 e. The van der Waals surface area contributed by atoms with Crippen molar-refractivity contribution in [2.45, 2.75) is 13.8 Å². The molecule has 2 rings (SSSR count). The third-order valence-corrected chi connectivity index (χ3v) is 1.75. The van der Waals surface area contributed by atoms with Gasteiger partial charge in [0.25, 0.3) is 5.95 Å². The summed E-state index contributed by atoms with van der Waals surface area (Å²) in [6, 6.07) is 1.95. The molecule has 0 radical (unpaired) electrons. The van der Waals surface area contributed by atoms with E-state index in [2.05, 4.69) is 15.3 Å². The summed E-state index contributed by atoms with van der Waals surface area (Å²) in [6.07, 6.45) is 1.44. The van der Waals surface area contributed by atoms with Gasteiger partial charge in [0, 0.05) is 5.69 Å². The van der Waals surface area contributed by atoms with Crippen LogP contribution in [-0.4, -0.2) is 24.7 Å². The summed E-state index contributed by atoms with van der Waals surface area (Å²) in [4.78, 5) is 0. The van der Waals surface area contributed by atoms with Crippen LogP contribution >= 0.6 is 0 Å². The van der Waals surface area contributed by atoms with Crippen molar-refractivity contribution in [3.63, 3.8) is 0 Å². The highest BCUT2D eigenvalue weighted by Gasteiger charge is 2.08. The molecule has 0 bridgehead atoms. The molecule has 0 unspecified atom stereocenters. The molecule has 0 amide bonds. The second-order valence-electron chi connectivity index (χ2n) is 2.88. The van der Waals surface area contributed by atoms with Crippen LogP contribution in [0.5, 0.6) is 0 Å². The lowest BCUT2D eigenvalue weighted by molar-refractivity contribution is 0.743. The molecule has 0 aliphatic carbocycles. The molecule has 0 atom stereocenters. The Morgan fingerprint density at radius 2 is 2.15 bits per heavy atom. The Labute approximate surface area is 75.0 Å². The van der Waals surface area contributed by atoms with Crippen molar-refractivity contribution < 1.29 is 0 Å². The summed E-state index contributed by atoms with van der Waals surface area (Å²) >= 11 is 0. The summed E-state index contributed by atoms with van der Waals surface area (Å²) in [7, 11) is 0. The highest BCUT2D eigenvalue weighted by molar-refractivity contribution is 5.18. The van der Waals surface area contributed by atoms with Gasteiger partial charge in [0.1, 0.15) is 6.33 Å². The molecular weight excluding hydrogens is 168 g/mol.